The Hall–Kier alpha value is -2.31. The number of hydrogen-bond donors (Lipinski definition) is 2. The maximum Gasteiger partial charge on any atom is 0.313 e. The van der Waals surface area contributed by atoms with E-state index in [1.54, 1.807) is 13.2 Å². The molecule has 0 bridgehead atoms. The molecule has 2 rings (SSSR count). The summed E-state index contributed by atoms with van der Waals surface area (Å²) in [6.45, 7) is 0.943. The number of methoxy groups -OCH3 is 1. The number of rotatable bonds is 7. The highest BCUT2D eigenvalue weighted by Gasteiger charge is 2.15. The first-order valence-corrected chi connectivity index (χ1v) is 8.42. The van der Waals surface area contributed by atoms with Gasteiger partial charge in [0, 0.05) is 30.1 Å². The summed E-state index contributed by atoms with van der Waals surface area (Å²) in [6.07, 6.45) is 0.663. The summed E-state index contributed by atoms with van der Waals surface area (Å²) in [7, 11) is 1.59. The molecule has 0 saturated carbocycles. The average Bonchev–Trinajstić information content (AvgIpc) is 2.61. The predicted molar refractivity (Wildman–Crippen MR) is 95.1 cm³/mol. The van der Waals surface area contributed by atoms with Crippen molar-refractivity contribution in [1.82, 2.24) is 5.32 Å². The van der Waals surface area contributed by atoms with Crippen molar-refractivity contribution < 1.29 is 14.3 Å². The normalized spacial score (nSPS) is 10.2. The number of nitrogens with one attached hydrogen (secondary N) is 2. The molecule has 0 radical (unpaired) electrons. The van der Waals surface area contributed by atoms with Gasteiger partial charge in [-0.05, 0) is 30.7 Å². The molecular weight excluding hydrogens is 324 g/mol. The minimum absolute atomic E-state index is 0.403. The first-order valence-electron chi connectivity index (χ1n) is 7.61. The van der Waals surface area contributed by atoms with Crippen LogP contribution in [-0.4, -0.2) is 32.1 Å². The van der Waals surface area contributed by atoms with Crippen LogP contribution in [0.25, 0.3) is 0 Å². The van der Waals surface area contributed by atoms with Gasteiger partial charge in [-0.2, -0.15) is 0 Å². The third kappa shape index (κ3) is 5.72. The van der Waals surface area contributed by atoms with Gasteiger partial charge in [0.25, 0.3) is 0 Å². The Morgan fingerprint density at radius 2 is 1.71 bits per heavy atom. The number of hydrogen-bond acceptors (Lipinski definition) is 4. The Bertz CT molecular complexity index is 677. The van der Waals surface area contributed by atoms with Crippen molar-refractivity contribution in [3.63, 3.8) is 0 Å². The molecule has 24 heavy (non-hydrogen) atoms. The van der Waals surface area contributed by atoms with Crippen molar-refractivity contribution in [3.05, 3.63) is 54.6 Å². The predicted octanol–water partition coefficient (Wildman–Crippen LogP) is 2.93. The number of anilines is 1. The van der Waals surface area contributed by atoms with Crippen LogP contribution in [0.4, 0.5) is 5.69 Å². The number of para-hydroxylation sites is 1. The topological polar surface area (TPSA) is 67.4 Å². The van der Waals surface area contributed by atoms with Crippen molar-refractivity contribution in [1.29, 1.82) is 0 Å². The van der Waals surface area contributed by atoms with Crippen LogP contribution >= 0.6 is 11.8 Å². The number of ether oxygens (including phenoxy) is 1. The van der Waals surface area contributed by atoms with Crippen LogP contribution in [0.2, 0.25) is 0 Å². The van der Waals surface area contributed by atoms with Gasteiger partial charge >= 0.3 is 11.8 Å². The van der Waals surface area contributed by atoms with Crippen LogP contribution in [0.3, 0.4) is 0 Å². The van der Waals surface area contributed by atoms with Crippen LogP contribution in [0.1, 0.15) is 6.42 Å². The summed E-state index contributed by atoms with van der Waals surface area (Å²) < 4.78 is 4.90. The summed E-state index contributed by atoms with van der Waals surface area (Å²) in [5.41, 5.74) is 0.614. The zero-order chi connectivity index (χ0) is 17.2. The Morgan fingerprint density at radius 3 is 2.46 bits per heavy atom. The molecule has 0 aliphatic rings. The number of benzene rings is 2. The van der Waals surface area contributed by atoms with E-state index in [1.165, 1.54) is 11.8 Å². The largest absolute Gasteiger partial charge is 0.385 e. The summed E-state index contributed by atoms with van der Waals surface area (Å²) in [6, 6.07) is 17.2. The molecule has 2 aromatic rings. The minimum atomic E-state index is -0.673. The standard InChI is InChI=1S/C18H20N2O3S/c1-23-13-7-12-19-17(21)18(22)20-15-10-5-6-11-16(15)24-14-8-3-2-4-9-14/h2-6,8-11H,7,12-13H2,1H3,(H,19,21)(H,20,22). The zero-order valence-corrected chi connectivity index (χ0v) is 14.3. The summed E-state index contributed by atoms with van der Waals surface area (Å²) >= 11 is 1.53. The van der Waals surface area contributed by atoms with E-state index in [4.69, 9.17) is 4.74 Å². The van der Waals surface area contributed by atoms with Crippen LogP contribution in [0.15, 0.2) is 64.4 Å². The third-order valence-corrected chi connectivity index (χ3v) is 4.21. The summed E-state index contributed by atoms with van der Waals surface area (Å²) in [5.74, 6) is -1.32. The Balaban J connectivity index is 1.96. The van der Waals surface area contributed by atoms with Gasteiger partial charge in [-0.1, -0.05) is 42.1 Å². The molecule has 0 atom stereocenters. The fraction of sp³-hybridized carbons (Fsp3) is 0.222. The molecule has 0 heterocycles. The first kappa shape index (κ1) is 18.0. The van der Waals surface area contributed by atoms with E-state index in [-0.39, 0.29) is 0 Å². The van der Waals surface area contributed by atoms with Crippen molar-refractivity contribution in [2.24, 2.45) is 0 Å². The molecule has 6 heteroatoms. The molecule has 0 spiro atoms. The third-order valence-electron chi connectivity index (χ3n) is 3.12. The van der Waals surface area contributed by atoms with E-state index in [0.29, 0.717) is 25.3 Å². The van der Waals surface area contributed by atoms with Gasteiger partial charge in [0.2, 0.25) is 0 Å². The fourth-order valence-electron chi connectivity index (χ4n) is 1.95. The zero-order valence-electron chi connectivity index (χ0n) is 13.5. The molecule has 2 aromatic carbocycles. The average molecular weight is 344 g/mol. The fourth-order valence-corrected chi connectivity index (χ4v) is 2.87. The van der Waals surface area contributed by atoms with Crippen LogP contribution in [0.5, 0.6) is 0 Å². The second-order valence-corrected chi connectivity index (χ2v) is 6.08. The monoisotopic (exact) mass is 344 g/mol. The van der Waals surface area contributed by atoms with Gasteiger partial charge in [0.15, 0.2) is 0 Å². The van der Waals surface area contributed by atoms with E-state index < -0.39 is 11.8 Å². The molecule has 0 saturated heterocycles. The summed E-state index contributed by atoms with van der Waals surface area (Å²) in [4.78, 5) is 25.8. The first-order chi connectivity index (χ1) is 11.7. The summed E-state index contributed by atoms with van der Waals surface area (Å²) in [5, 5.41) is 5.24. The van der Waals surface area contributed by atoms with Crippen molar-refractivity contribution in [2.75, 3.05) is 25.6 Å². The van der Waals surface area contributed by atoms with E-state index in [9.17, 15) is 9.59 Å². The van der Waals surface area contributed by atoms with Crippen molar-refractivity contribution >= 4 is 29.3 Å². The molecule has 0 unspecified atom stereocenters. The molecule has 0 aliphatic carbocycles. The molecule has 126 valence electrons. The lowest BCUT2D eigenvalue weighted by Gasteiger charge is -2.11. The lowest BCUT2D eigenvalue weighted by molar-refractivity contribution is -0.136. The van der Waals surface area contributed by atoms with Gasteiger partial charge in [0.05, 0.1) is 5.69 Å². The Morgan fingerprint density at radius 1 is 1.00 bits per heavy atom. The molecule has 5 nitrogen and oxygen atoms in total. The lowest BCUT2D eigenvalue weighted by Crippen LogP contribution is -2.36. The number of carbonyl (C=O) groups is 2. The molecule has 0 fully saturated rings. The lowest BCUT2D eigenvalue weighted by atomic mass is 10.3. The number of amides is 2. The van der Waals surface area contributed by atoms with Gasteiger partial charge in [-0.3, -0.25) is 9.59 Å². The van der Waals surface area contributed by atoms with Crippen molar-refractivity contribution in [3.8, 4) is 0 Å². The Labute approximate surface area is 145 Å². The van der Waals surface area contributed by atoms with Crippen molar-refractivity contribution in [2.45, 2.75) is 16.2 Å². The van der Waals surface area contributed by atoms with Gasteiger partial charge in [-0.15, -0.1) is 0 Å². The molecule has 2 N–H and O–H groups in total. The maximum absolute atomic E-state index is 12.0. The van der Waals surface area contributed by atoms with Gasteiger partial charge in [-0.25, -0.2) is 0 Å². The van der Waals surface area contributed by atoms with Crippen LogP contribution in [0, 0.1) is 0 Å². The molecule has 2 amide bonds. The molecule has 0 aromatic heterocycles. The quantitative estimate of drug-likeness (QED) is 0.599. The van der Waals surface area contributed by atoms with Crippen LogP contribution < -0.4 is 10.6 Å². The molecule has 0 aliphatic heterocycles. The van der Waals surface area contributed by atoms with Gasteiger partial charge < -0.3 is 15.4 Å². The Kier molecular flexibility index (Phi) is 7.32. The van der Waals surface area contributed by atoms with E-state index in [1.807, 2.05) is 48.5 Å². The van der Waals surface area contributed by atoms with Crippen LogP contribution in [-0.2, 0) is 14.3 Å². The van der Waals surface area contributed by atoms with E-state index in [2.05, 4.69) is 10.6 Å². The SMILES string of the molecule is COCCCNC(=O)C(=O)Nc1ccccc1Sc1ccccc1. The molecular formula is C18H20N2O3S. The highest BCUT2D eigenvalue weighted by molar-refractivity contribution is 7.99. The second kappa shape index (κ2) is 9.75. The van der Waals surface area contributed by atoms with E-state index in [0.717, 1.165) is 9.79 Å². The smallest absolute Gasteiger partial charge is 0.313 e. The second-order valence-electron chi connectivity index (χ2n) is 4.97. The number of carbonyl (C=O) groups excluding carboxylic acids is 2. The highest BCUT2D eigenvalue weighted by Crippen LogP contribution is 2.33. The van der Waals surface area contributed by atoms with E-state index >= 15 is 0 Å². The maximum atomic E-state index is 12.0. The van der Waals surface area contributed by atoms with Gasteiger partial charge in [0.1, 0.15) is 0 Å². The highest BCUT2D eigenvalue weighted by atomic mass is 32.2. The minimum Gasteiger partial charge on any atom is -0.385 e.